The molecule has 0 spiro atoms. The summed E-state index contributed by atoms with van der Waals surface area (Å²) in [6.07, 6.45) is -2.89. The largest absolute Gasteiger partial charge is 0.396 e. The number of anilines is 1. The number of benzene rings is 1. The van der Waals surface area contributed by atoms with E-state index in [-0.39, 0.29) is 15.7 Å². The van der Waals surface area contributed by atoms with E-state index in [1.54, 1.807) is 0 Å². The van der Waals surface area contributed by atoms with Crippen LogP contribution in [0.5, 0.6) is 0 Å². The number of halogens is 4. The van der Waals surface area contributed by atoms with Gasteiger partial charge in [-0.25, -0.2) is 17.2 Å². The number of nitrogen functional groups attached to an aromatic ring is 1. The van der Waals surface area contributed by atoms with Gasteiger partial charge < -0.3 is 10.8 Å². The molecule has 114 valence electrons. The third-order valence-electron chi connectivity index (χ3n) is 2.40. The Morgan fingerprint density at radius 1 is 1.35 bits per heavy atom. The molecule has 0 heterocycles. The van der Waals surface area contributed by atoms with E-state index in [1.807, 2.05) is 0 Å². The van der Waals surface area contributed by atoms with Gasteiger partial charge in [0.1, 0.15) is 4.90 Å². The van der Waals surface area contributed by atoms with Gasteiger partial charge in [0.15, 0.2) is 0 Å². The fourth-order valence-electron chi connectivity index (χ4n) is 1.46. The highest BCUT2D eigenvalue weighted by Gasteiger charge is 2.29. The van der Waals surface area contributed by atoms with Gasteiger partial charge >= 0.3 is 0 Å². The van der Waals surface area contributed by atoms with E-state index in [2.05, 4.69) is 0 Å². The van der Waals surface area contributed by atoms with E-state index in [1.165, 1.54) is 6.07 Å². The van der Waals surface area contributed by atoms with E-state index >= 15 is 0 Å². The van der Waals surface area contributed by atoms with Crippen molar-refractivity contribution in [2.75, 3.05) is 25.4 Å². The summed E-state index contributed by atoms with van der Waals surface area (Å²) in [4.78, 5) is -0.435. The summed E-state index contributed by atoms with van der Waals surface area (Å²) in [5.74, 6) is 0. The number of hydrogen-bond donors (Lipinski definition) is 2. The molecule has 0 aliphatic heterocycles. The van der Waals surface area contributed by atoms with Crippen LogP contribution < -0.4 is 5.73 Å². The first kappa shape index (κ1) is 17.4. The molecule has 0 unspecified atom stereocenters. The number of nitrogens with two attached hydrogens (primary N) is 1. The molecule has 1 aromatic carbocycles. The molecule has 0 atom stereocenters. The van der Waals surface area contributed by atoms with Gasteiger partial charge in [-0.15, -0.1) is 0 Å². The maximum atomic E-state index is 12.4. The van der Waals surface area contributed by atoms with Crippen molar-refractivity contribution in [2.45, 2.75) is 11.3 Å². The maximum Gasteiger partial charge on any atom is 0.252 e. The second kappa shape index (κ2) is 6.86. The lowest BCUT2D eigenvalue weighted by molar-refractivity contribution is 0.113. The Hall–Kier alpha value is -0.670. The molecule has 0 saturated carbocycles. The zero-order chi connectivity index (χ0) is 15.5. The average Bonchev–Trinajstić information content (AvgIpc) is 2.34. The van der Waals surface area contributed by atoms with Crippen LogP contribution in [0.25, 0.3) is 0 Å². The lowest BCUT2D eigenvalue weighted by Gasteiger charge is -2.21. The molecule has 0 bridgehead atoms. The first-order chi connectivity index (χ1) is 9.21. The van der Waals surface area contributed by atoms with E-state index in [9.17, 15) is 17.2 Å². The molecule has 10 heteroatoms. The standard InChI is InChI=1S/C10H12Cl2F2N2O3S/c11-6-1-2-7(9(12)10(6)15)20(18,19)16(3-4-17)5-8(13)14/h1-2,8,17H,3-5,15H2. The predicted octanol–water partition coefficient (Wildman–Crippen LogP) is 1.82. The number of rotatable bonds is 6. The zero-order valence-electron chi connectivity index (χ0n) is 10.1. The molecular weight excluding hydrogens is 337 g/mol. The summed E-state index contributed by atoms with van der Waals surface area (Å²) in [6, 6.07) is 2.28. The SMILES string of the molecule is Nc1c(Cl)ccc(S(=O)(=O)N(CCO)CC(F)F)c1Cl. The van der Waals surface area contributed by atoms with Crippen molar-refractivity contribution in [3.05, 3.63) is 22.2 Å². The van der Waals surface area contributed by atoms with Crippen molar-refractivity contribution in [1.29, 1.82) is 0 Å². The predicted molar refractivity (Wildman–Crippen MR) is 72.7 cm³/mol. The molecule has 1 rings (SSSR count). The molecule has 0 amide bonds. The number of alkyl halides is 2. The Kier molecular flexibility index (Phi) is 5.96. The Balaban J connectivity index is 3.30. The lowest BCUT2D eigenvalue weighted by atomic mass is 10.3. The summed E-state index contributed by atoms with van der Waals surface area (Å²) in [6.45, 7) is -2.14. The molecular formula is C10H12Cl2F2N2O3S. The second-order valence-electron chi connectivity index (χ2n) is 3.75. The molecule has 1 aromatic rings. The number of aliphatic hydroxyl groups is 1. The van der Waals surface area contributed by atoms with Crippen molar-refractivity contribution in [2.24, 2.45) is 0 Å². The Labute approximate surface area is 124 Å². The van der Waals surface area contributed by atoms with E-state index < -0.39 is 41.0 Å². The molecule has 0 saturated heterocycles. The lowest BCUT2D eigenvalue weighted by Crippen LogP contribution is -2.37. The topological polar surface area (TPSA) is 83.6 Å². The van der Waals surface area contributed by atoms with Gasteiger partial charge in [-0.2, -0.15) is 4.31 Å². The molecule has 0 fully saturated rings. The van der Waals surface area contributed by atoms with Crippen LogP contribution >= 0.6 is 23.2 Å². The van der Waals surface area contributed by atoms with Crippen molar-refractivity contribution < 1.29 is 22.3 Å². The van der Waals surface area contributed by atoms with E-state index in [0.717, 1.165) is 6.07 Å². The number of sulfonamides is 1. The first-order valence-electron chi connectivity index (χ1n) is 5.34. The molecule has 0 aliphatic carbocycles. The van der Waals surface area contributed by atoms with Gasteiger partial charge in [0.25, 0.3) is 6.43 Å². The minimum atomic E-state index is -4.31. The normalized spacial score (nSPS) is 12.3. The van der Waals surface area contributed by atoms with Crippen molar-refractivity contribution in [3.63, 3.8) is 0 Å². The fraction of sp³-hybridized carbons (Fsp3) is 0.400. The van der Waals surface area contributed by atoms with Gasteiger partial charge in [-0.05, 0) is 12.1 Å². The minimum absolute atomic E-state index is 0.0523. The van der Waals surface area contributed by atoms with Crippen molar-refractivity contribution in [1.82, 2.24) is 4.31 Å². The van der Waals surface area contributed by atoms with Gasteiger partial charge in [-0.3, -0.25) is 0 Å². The second-order valence-corrected chi connectivity index (χ2v) is 6.44. The smallest absolute Gasteiger partial charge is 0.252 e. The van der Waals surface area contributed by atoms with Gasteiger partial charge in [0.05, 0.1) is 28.9 Å². The van der Waals surface area contributed by atoms with Crippen molar-refractivity contribution in [3.8, 4) is 0 Å². The summed E-state index contributed by atoms with van der Waals surface area (Å²) in [7, 11) is -4.31. The Bertz CT molecular complexity index is 584. The number of nitrogens with zero attached hydrogens (tertiary/aromatic N) is 1. The summed E-state index contributed by atoms with van der Waals surface area (Å²) in [5, 5.41) is 8.51. The zero-order valence-corrected chi connectivity index (χ0v) is 12.4. The summed E-state index contributed by atoms with van der Waals surface area (Å²) in [5.41, 5.74) is 5.35. The van der Waals surface area contributed by atoms with Crippen LogP contribution in [0, 0.1) is 0 Å². The van der Waals surface area contributed by atoms with E-state index in [0.29, 0.717) is 4.31 Å². The summed E-state index contributed by atoms with van der Waals surface area (Å²) >= 11 is 11.5. The van der Waals surface area contributed by atoms with Crippen LogP contribution in [-0.4, -0.2) is 44.0 Å². The molecule has 20 heavy (non-hydrogen) atoms. The monoisotopic (exact) mass is 348 g/mol. The third-order valence-corrected chi connectivity index (χ3v) is 5.16. The average molecular weight is 349 g/mol. The highest BCUT2D eigenvalue weighted by molar-refractivity contribution is 7.89. The quantitative estimate of drug-likeness (QED) is 0.768. The molecule has 0 radical (unpaired) electrons. The van der Waals surface area contributed by atoms with Crippen LogP contribution in [0.15, 0.2) is 17.0 Å². The molecule has 0 aromatic heterocycles. The number of aliphatic hydroxyl groups excluding tert-OH is 1. The molecule has 0 aliphatic rings. The third kappa shape index (κ3) is 3.70. The highest BCUT2D eigenvalue weighted by Crippen LogP contribution is 2.34. The van der Waals surface area contributed by atoms with Crippen molar-refractivity contribution >= 4 is 38.9 Å². The van der Waals surface area contributed by atoms with Crippen LogP contribution in [0.4, 0.5) is 14.5 Å². The Morgan fingerprint density at radius 2 is 1.95 bits per heavy atom. The van der Waals surface area contributed by atoms with Crippen LogP contribution in [0.2, 0.25) is 10.0 Å². The van der Waals surface area contributed by atoms with Gasteiger partial charge in [-0.1, -0.05) is 23.2 Å². The van der Waals surface area contributed by atoms with Gasteiger partial charge in [0, 0.05) is 6.54 Å². The first-order valence-corrected chi connectivity index (χ1v) is 7.54. The number of hydrogen-bond acceptors (Lipinski definition) is 4. The van der Waals surface area contributed by atoms with Crippen LogP contribution in [0.1, 0.15) is 0 Å². The van der Waals surface area contributed by atoms with Crippen LogP contribution in [-0.2, 0) is 10.0 Å². The maximum absolute atomic E-state index is 12.4. The Morgan fingerprint density at radius 3 is 2.45 bits per heavy atom. The van der Waals surface area contributed by atoms with Gasteiger partial charge in [0.2, 0.25) is 10.0 Å². The van der Waals surface area contributed by atoms with E-state index in [4.69, 9.17) is 34.0 Å². The molecule has 3 N–H and O–H groups in total. The van der Waals surface area contributed by atoms with Crippen LogP contribution in [0.3, 0.4) is 0 Å². The summed E-state index contributed by atoms with van der Waals surface area (Å²) < 4.78 is 49.8. The molecule has 5 nitrogen and oxygen atoms in total. The highest BCUT2D eigenvalue weighted by atomic mass is 35.5. The minimum Gasteiger partial charge on any atom is -0.396 e. The fourth-order valence-corrected chi connectivity index (χ4v) is 3.61.